The van der Waals surface area contributed by atoms with Gasteiger partial charge >= 0.3 is 6.18 Å². The fraction of sp³-hybridized carbons (Fsp3) is 0.407. The Hall–Kier alpha value is -3.69. The monoisotopic (exact) mass is 641 g/mol. The zero-order valence-corrected chi connectivity index (χ0v) is 24.8. The summed E-state index contributed by atoms with van der Waals surface area (Å²) in [6.45, 7) is 2.08. The molecule has 2 aromatic carbocycles. The molecule has 1 aliphatic carbocycles. The molecule has 4 rings (SSSR count). The van der Waals surface area contributed by atoms with Gasteiger partial charge in [-0.05, 0) is 54.8 Å². The number of nitrogens with zero attached hydrogens (tertiary/aromatic N) is 2. The molecule has 232 valence electrons. The first-order chi connectivity index (χ1) is 20.3. The molecule has 1 aliphatic heterocycles. The zero-order chi connectivity index (χ0) is 31.2. The van der Waals surface area contributed by atoms with Crippen LogP contribution in [0.25, 0.3) is 0 Å². The van der Waals surface area contributed by atoms with Crippen molar-refractivity contribution in [2.45, 2.75) is 44.8 Å². The number of anilines is 1. The summed E-state index contributed by atoms with van der Waals surface area (Å²) < 4.78 is 58.0. The lowest BCUT2D eigenvalue weighted by Crippen LogP contribution is -2.51. The molecule has 0 spiro atoms. The van der Waals surface area contributed by atoms with Gasteiger partial charge in [-0.25, -0.2) is 4.21 Å². The highest BCUT2D eigenvalue weighted by molar-refractivity contribution is 7.83. The Morgan fingerprint density at radius 2 is 1.74 bits per heavy atom. The van der Waals surface area contributed by atoms with E-state index in [0.29, 0.717) is 10.7 Å². The number of benzene rings is 2. The largest absolute Gasteiger partial charge is 0.411 e. The van der Waals surface area contributed by atoms with E-state index in [0.717, 1.165) is 18.4 Å². The van der Waals surface area contributed by atoms with Crippen LogP contribution < -0.4 is 26.0 Å². The molecule has 2 aromatic rings. The highest BCUT2D eigenvalue weighted by Crippen LogP contribution is 2.45. The quantitative estimate of drug-likeness (QED) is 0.253. The van der Waals surface area contributed by atoms with E-state index in [2.05, 4.69) is 36.0 Å². The number of halogens is 4. The predicted molar refractivity (Wildman–Crippen MR) is 158 cm³/mol. The summed E-state index contributed by atoms with van der Waals surface area (Å²) in [6.07, 6.45) is -4.51. The van der Waals surface area contributed by atoms with Crippen LogP contribution in [0.4, 0.5) is 18.9 Å². The van der Waals surface area contributed by atoms with E-state index in [9.17, 15) is 27.0 Å². The number of hydrogen-bond donors (Lipinski definition) is 5. The number of ether oxygens (including phenoxy) is 1. The van der Waals surface area contributed by atoms with Crippen molar-refractivity contribution >= 4 is 52.0 Å². The Kier molecular flexibility index (Phi) is 10.3. The molecule has 11 nitrogen and oxygen atoms in total. The highest BCUT2D eigenvalue weighted by Gasteiger charge is 2.45. The van der Waals surface area contributed by atoms with Crippen LogP contribution in [0, 0.1) is 5.92 Å². The second-order valence-corrected chi connectivity index (χ2v) is 11.9. The molecule has 1 saturated carbocycles. The number of carbonyl (C=O) groups is 2. The third kappa shape index (κ3) is 9.66. The van der Waals surface area contributed by atoms with E-state index in [-0.39, 0.29) is 41.6 Å². The number of alkyl halides is 3. The lowest BCUT2D eigenvalue weighted by atomic mass is 10.1. The SMILES string of the molecule is CC(C)C(=O)NCCS(=O)NC(=O)c1ccc(NC2=NC(OCC(F)(F)F)N=C(NC3(c4ccc(Cl)cc4)CC3)N2)cc1. The summed E-state index contributed by atoms with van der Waals surface area (Å²) in [5.74, 6) is -0.681. The Morgan fingerprint density at radius 3 is 2.35 bits per heavy atom. The molecule has 0 aromatic heterocycles. The van der Waals surface area contributed by atoms with Crippen molar-refractivity contribution < 1.29 is 31.7 Å². The molecule has 0 bridgehead atoms. The van der Waals surface area contributed by atoms with Crippen molar-refractivity contribution in [1.82, 2.24) is 20.7 Å². The fourth-order valence-corrected chi connectivity index (χ4v) is 4.77. The standard InChI is InChI=1S/C27H31ClF3N7O4S/c1-16(2)21(39)32-13-14-43(41)38-22(40)17-3-9-20(10-4-17)33-23-34-24(36-25(35-23)42-15-27(29,30)31)37-26(11-12-26)18-5-7-19(28)8-6-18/h3-10,16,25H,11-15H2,1-2H3,(H,32,39)(H,38,40)(H3,33,34,35,36,37). The van der Waals surface area contributed by atoms with Gasteiger partial charge in [-0.1, -0.05) is 37.6 Å². The van der Waals surface area contributed by atoms with Crippen LogP contribution >= 0.6 is 11.6 Å². The van der Waals surface area contributed by atoms with Gasteiger partial charge in [-0.15, -0.1) is 0 Å². The molecule has 43 heavy (non-hydrogen) atoms. The number of rotatable bonds is 11. The van der Waals surface area contributed by atoms with Gasteiger partial charge in [0.1, 0.15) is 17.6 Å². The first-order valence-electron chi connectivity index (χ1n) is 13.3. The number of amides is 2. The molecule has 2 unspecified atom stereocenters. The fourth-order valence-electron chi connectivity index (χ4n) is 3.93. The highest BCUT2D eigenvalue weighted by atomic mass is 35.5. The number of nitrogens with one attached hydrogen (secondary N) is 5. The molecule has 1 heterocycles. The minimum atomic E-state index is -4.57. The Morgan fingerprint density at radius 1 is 1.09 bits per heavy atom. The molecule has 2 amide bonds. The summed E-state index contributed by atoms with van der Waals surface area (Å²) in [4.78, 5) is 32.3. The number of guanidine groups is 2. The average Bonchev–Trinajstić information content (AvgIpc) is 3.72. The summed E-state index contributed by atoms with van der Waals surface area (Å²) in [7, 11) is -1.71. The lowest BCUT2D eigenvalue weighted by molar-refractivity contribution is -0.183. The van der Waals surface area contributed by atoms with Crippen LogP contribution in [0.5, 0.6) is 0 Å². The molecular weight excluding hydrogens is 611 g/mol. The van der Waals surface area contributed by atoms with E-state index in [4.69, 9.17) is 16.3 Å². The van der Waals surface area contributed by atoms with Gasteiger partial charge in [-0.2, -0.15) is 23.2 Å². The van der Waals surface area contributed by atoms with Gasteiger partial charge in [0, 0.05) is 28.7 Å². The minimum absolute atomic E-state index is 0.0458. The molecular formula is C27H31ClF3N7O4S. The van der Waals surface area contributed by atoms with Gasteiger partial charge < -0.3 is 20.7 Å². The smallest absolute Gasteiger partial charge is 0.355 e. The first kappa shape index (κ1) is 32.2. The van der Waals surface area contributed by atoms with Gasteiger partial charge in [-0.3, -0.25) is 19.6 Å². The zero-order valence-electron chi connectivity index (χ0n) is 23.3. The van der Waals surface area contributed by atoms with Gasteiger partial charge in [0.05, 0.1) is 11.3 Å². The first-order valence-corrected chi connectivity index (χ1v) is 15.0. The van der Waals surface area contributed by atoms with Crippen LogP contribution in [0.3, 0.4) is 0 Å². The van der Waals surface area contributed by atoms with Crippen LogP contribution in [-0.2, 0) is 26.1 Å². The van der Waals surface area contributed by atoms with Crippen molar-refractivity contribution in [3.8, 4) is 0 Å². The van der Waals surface area contributed by atoms with Crippen LogP contribution in [-0.4, -0.2) is 59.4 Å². The second-order valence-electron chi connectivity index (χ2n) is 10.2. The molecule has 2 aliphatic rings. The van der Waals surface area contributed by atoms with Gasteiger partial charge in [0.25, 0.3) is 12.3 Å². The van der Waals surface area contributed by atoms with Crippen molar-refractivity contribution in [2.75, 3.05) is 24.2 Å². The summed E-state index contributed by atoms with van der Waals surface area (Å²) in [5, 5.41) is 12.4. The minimum Gasteiger partial charge on any atom is -0.355 e. The Bertz CT molecular complexity index is 1400. The molecule has 5 N–H and O–H groups in total. The molecule has 0 radical (unpaired) electrons. The number of carbonyl (C=O) groups excluding carboxylic acids is 2. The van der Waals surface area contributed by atoms with E-state index < -0.39 is 41.6 Å². The maximum atomic E-state index is 12.8. The second kappa shape index (κ2) is 13.7. The van der Waals surface area contributed by atoms with E-state index in [1.807, 2.05) is 12.1 Å². The maximum absolute atomic E-state index is 12.8. The third-order valence-electron chi connectivity index (χ3n) is 6.34. The molecule has 1 fully saturated rings. The van der Waals surface area contributed by atoms with Gasteiger partial charge in [0.2, 0.25) is 17.8 Å². The molecule has 0 saturated heterocycles. The topological polar surface area (TPSA) is 145 Å². The van der Waals surface area contributed by atoms with Crippen molar-refractivity contribution in [2.24, 2.45) is 15.9 Å². The maximum Gasteiger partial charge on any atom is 0.411 e. The van der Waals surface area contributed by atoms with E-state index >= 15 is 0 Å². The predicted octanol–water partition coefficient (Wildman–Crippen LogP) is 3.37. The van der Waals surface area contributed by atoms with Crippen molar-refractivity contribution in [3.63, 3.8) is 0 Å². The third-order valence-corrected chi connectivity index (χ3v) is 7.58. The Balaban J connectivity index is 1.38. The summed E-state index contributed by atoms with van der Waals surface area (Å²) >= 11 is 6.01. The van der Waals surface area contributed by atoms with Crippen LogP contribution in [0.1, 0.15) is 42.6 Å². The number of hydrogen-bond acceptors (Lipinski definition) is 9. The van der Waals surface area contributed by atoms with Crippen molar-refractivity contribution in [3.05, 3.63) is 64.7 Å². The molecule has 2 atom stereocenters. The van der Waals surface area contributed by atoms with E-state index in [1.54, 1.807) is 38.1 Å². The summed E-state index contributed by atoms with van der Waals surface area (Å²) in [5.41, 5.74) is 1.15. The van der Waals surface area contributed by atoms with Crippen molar-refractivity contribution in [1.29, 1.82) is 0 Å². The molecule has 16 heteroatoms. The summed E-state index contributed by atoms with van der Waals surface area (Å²) in [6, 6.07) is 13.3. The van der Waals surface area contributed by atoms with E-state index in [1.165, 1.54) is 12.1 Å². The normalized spacial score (nSPS) is 18.1. The Labute approximate surface area is 253 Å². The lowest BCUT2D eigenvalue weighted by Gasteiger charge is -2.27. The van der Waals surface area contributed by atoms with Crippen LogP contribution in [0.15, 0.2) is 58.5 Å². The van der Waals surface area contributed by atoms with Crippen LogP contribution in [0.2, 0.25) is 5.02 Å². The van der Waals surface area contributed by atoms with Gasteiger partial charge in [0.15, 0.2) is 0 Å². The average molecular weight is 642 g/mol. The number of aliphatic imine (C=N–C) groups is 2.